The summed E-state index contributed by atoms with van der Waals surface area (Å²) in [5, 5.41) is 5.98. The van der Waals surface area contributed by atoms with Crippen molar-refractivity contribution in [3.05, 3.63) is 11.6 Å². The van der Waals surface area contributed by atoms with Crippen molar-refractivity contribution < 1.29 is 9.53 Å². The van der Waals surface area contributed by atoms with E-state index in [1.807, 2.05) is 27.0 Å². The highest BCUT2D eigenvalue weighted by Gasteiger charge is 2.32. The van der Waals surface area contributed by atoms with E-state index in [-0.39, 0.29) is 17.9 Å². The molecule has 1 amide bonds. The minimum atomic E-state index is -0.0550. The van der Waals surface area contributed by atoms with E-state index in [0.717, 1.165) is 0 Å². The Morgan fingerprint density at radius 3 is 2.80 bits per heavy atom. The number of ether oxygens (including phenoxy) is 1. The summed E-state index contributed by atoms with van der Waals surface area (Å²) >= 11 is 0. The molecule has 2 atom stereocenters. The summed E-state index contributed by atoms with van der Waals surface area (Å²) in [6.45, 7) is 5.78. The first-order valence-corrected chi connectivity index (χ1v) is 5.31. The minimum Gasteiger partial charge on any atom is -0.379 e. The Kier molecular flexibility index (Phi) is 4.78. The lowest BCUT2D eigenvalue weighted by molar-refractivity contribution is -0.125. The molecular formula is C11H20N2O2. The topological polar surface area (TPSA) is 50.4 Å². The molecule has 0 radical (unpaired) electrons. The second kappa shape index (κ2) is 5.88. The molecule has 2 N–H and O–H groups in total. The Labute approximate surface area is 91.1 Å². The molecule has 1 saturated heterocycles. The van der Waals surface area contributed by atoms with Gasteiger partial charge >= 0.3 is 0 Å². The largest absolute Gasteiger partial charge is 0.379 e. The molecule has 1 aliphatic heterocycles. The van der Waals surface area contributed by atoms with Crippen LogP contribution in [0.25, 0.3) is 0 Å². The fraction of sp³-hybridized carbons (Fsp3) is 0.727. The summed E-state index contributed by atoms with van der Waals surface area (Å²) in [5.41, 5.74) is 1.21. The number of carbonyl (C=O) groups excluding carboxylic acids is 1. The lowest BCUT2D eigenvalue weighted by Crippen LogP contribution is -2.42. The summed E-state index contributed by atoms with van der Waals surface area (Å²) in [6, 6.07) is 0.150. The van der Waals surface area contributed by atoms with Crippen LogP contribution in [0, 0.1) is 5.92 Å². The Hall–Kier alpha value is -0.870. The molecule has 1 rings (SSSR count). The van der Waals surface area contributed by atoms with Crippen LogP contribution in [0.3, 0.4) is 0 Å². The zero-order valence-corrected chi connectivity index (χ0v) is 9.67. The molecule has 0 saturated carbocycles. The van der Waals surface area contributed by atoms with E-state index in [1.54, 1.807) is 0 Å². The first-order valence-electron chi connectivity index (χ1n) is 5.31. The van der Waals surface area contributed by atoms with Crippen molar-refractivity contribution in [3.63, 3.8) is 0 Å². The third-order valence-corrected chi connectivity index (χ3v) is 2.57. The van der Waals surface area contributed by atoms with Crippen LogP contribution in [0.5, 0.6) is 0 Å². The van der Waals surface area contributed by atoms with Gasteiger partial charge in [-0.2, -0.15) is 0 Å². The van der Waals surface area contributed by atoms with Crippen LogP contribution in [-0.4, -0.2) is 38.8 Å². The number of likely N-dealkylation sites (N-methyl/N-ethyl adjacent to an activating group) is 1. The first kappa shape index (κ1) is 12.2. The molecule has 4 nitrogen and oxygen atoms in total. The van der Waals surface area contributed by atoms with Gasteiger partial charge in [0.05, 0.1) is 19.1 Å². The summed E-state index contributed by atoms with van der Waals surface area (Å²) in [7, 11) is 1.86. The molecule has 1 aliphatic rings. The van der Waals surface area contributed by atoms with Gasteiger partial charge in [0, 0.05) is 12.6 Å². The van der Waals surface area contributed by atoms with Crippen LogP contribution in [0.2, 0.25) is 0 Å². The molecule has 0 aromatic rings. The van der Waals surface area contributed by atoms with Gasteiger partial charge in [0.15, 0.2) is 0 Å². The van der Waals surface area contributed by atoms with Gasteiger partial charge in [-0.3, -0.25) is 4.79 Å². The summed E-state index contributed by atoms with van der Waals surface area (Å²) in [5.74, 6) is 0.0184. The van der Waals surface area contributed by atoms with E-state index in [1.165, 1.54) is 5.57 Å². The minimum absolute atomic E-state index is 0.0550. The molecule has 0 aromatic heterocycles. The fourth-order valence-electron chi connectivity index (χ4n) is 1.58. The monoisotopic (exact) mass is 212 g/mol. The number of amides is 1. The number of nitrogens with one attached hydrogen (secondary N) is 2. The average Bonchev–Trinajstić information content (AvgIpc) is 2.64. The third-order valence-electron chi connectivity index (χ3n) is 2.57. The first-order chi connectivity index (χ1) is 7.15. The number of rotatable bonds is 4. The van der Waals surface area contributed by atoms with Gasteiger partial charge in [-0.1, -0.05) is 11.6 Å². The van der Waals surface area contributed by atoms with E-state index in [2.05, 4.69) is 10.6 Å². The van der Waals surface area contributed by atoms with E-state index in [9.17, 15) is 4.79 Å². The average molecular weight is 212 g/mol. The summed E-state index contributed by atoms with van der Waals surface area (Å²) < 4.78 is 5.27. The molecule has 15 heavy (non-hydrogen) atoms. The van der Waals surface area contributed by atoms with Crippen LogP contribution in [0.15, 0.2) is 11.6 Å². The maximum Gasteiger partial charge on any atom is 0.227 e. The lowest BCUT2D eigenvalue weighted by atomic mass is 10.0. The van der Waals surface area contributed by atoms with Crippen molar-refractivity contribution in [2.24, 2.45) is 5.92 Å². The predicted octanol–water partition coefficient (Wildman–Crippen LogP) is 0.303. The SMILES string of the molecule is CNC1COCC1C(=O)NCC=C(C)C. The van der Waals surface area contributed by atoms with E-state index < -0.39 is 0 Å². The Morgan fingerprint density at radius 1 is 1.47 bits per heavy atom. The molecule has 1 fully saturated rings. The standard InChI is InChI=1S/C11H20N2O2/c1-8(2)4-5-13-11(14)9-6-15-7-10(9)12-3/h4,9-10,12H,5-7H2,1-3H3,(H,13,14). The van der Waals surface area contributed by atoms with E-state index in [0.29, 0.717) is 19.8 Å². The van der Waals surface area contributed by atoms with Gasteiger partial charge < -0.3 is 15.4 Å². The lowest BCUT2D eigenvalue weighted by Gasteiger charge is -2.15. The van der Waals surface area contributed by atoms with Gasteiger partial charge in [-0.15, -0.1) is 0 Å². The zero-order chi connectivity index (χ0) is 11.3. The van der Waals surface area contributed by atoms with Crippen molar-refractivity contribution in [1.29, 1.82) is 0 Å². The predicted molar refractivity (Wildman–Crippen MR) is 59.6 cm³/mol. The molecule has 0 bridgehead atoms. The molecular weight excluding hydrogens is 192 g/mol. The molecule has 86 valence electrons. The number of hydrogen-bond acceptors (Lipinski definition) is 3. The molecule has 1 heterocycles. The maximum absolute atomic E-state index is 11.7. The van der Waals surface area contributed by atoms with Crippen LogP contribution < -0.4 is 10.6 Å². The van der Waals surface area contributed by atoms with Crippen LogP contribution in [0.1, 0.15) is 13.8 Å². The van der Waals surface area contributed by atoms with Crippen molar-refractivity contribution in [3.8, 4) is 0 Å². The van der Waals surface area contributed by atoms with Gasteiger partial charge in [0.2, 0.25) is 5.91 Å². The molecule has 2 unspecified atom stereocenters. The Bertz CT molecular complexity index is 247. The molecule has 0 aliphatic carbocycles. The normalized spacial score (nSPS) is 25.0. The number of hydrogen-bond donors (Lipinski definition) is 2. The van der Waals surface area contributed by atoms with Gasteiger partial charge in [-0.05, 0) is 20.9 Å². The highest BCUT2D eigenvalue weighted by molar-refractivity contribution is 5.80. The number of carbonyl (C=O) groups is 1. The summed E-state index contributed by atoms with van der Waals surface area (Å²) in [4.78, 5) is 11.7. The quantitative estimate of drug-likeness (QED) is 0.659. The van der Waals surface area contributed by atoms with Gasteiger partial charge in [0.1, 0.15) is 0 Å². The smallest absolute Gasteiger partial charge is 0.227 e. The van der Waals surface area contributed by atoms with Crippen molar-refractivity contribution >= 4 is 5.91 Å². The van der Waals surface area contributed by atoms with Crippen LogP contribution in [-0.2, 0) is 9.53 Å². The van der Waals surface area contributed by atoms with E-state index >= 15 is 0 Å². The second-order valence-electron chi connectivity index (χ2n) is 4.07. The third kappa shape index (κ3) is 3.64. The van der Waals surface area contributed by atoms with Crippen LogP contribution >= 0.6 is 0 Å². The highest BCUT2D eigenvalue weighted by atomic mass is 16.5. The second-order valence-corrected chi connectivity index (χ2v) is 4.07. The molecule has 4 heteroatoms. The van der Waals surface area contributed by atoms with Gasteiger partial charge in [-0.25, -0.2) is 0 Å². The fourth-order valence-corrected chi connectivity index (χ4v) is 1.58. The molecule has 0 aromatic carbocycles. The zero-order valence-electron chi connectivity index (χ0n) is 9.67. The highest BCUT2D eigenvalue weighted by Crippen LogP contribution is 2.13. The molecule has 0 spiro atoms. The van der Waals surface area contributed by atoms with Crippen molar-refractivity contribution in [2.45, 2.75) is 19.9 Å². The number of allylic oxidation sites excluding steroid dienone is 1. The van der Waals surface area contributed by atoms with Crippen LogP contribution in [0.4, 0.5) is 0 Å². The van der Waals surface area contributed by atoms with E-state index in [4.69, 9.17) is 4.74 Å². The Morgan fingerprint density at radius 2 is 2.20 bits per heavy atom. The van der Waals surface area contributed by atoms with Crippen molar-refractivity contribution in [2.75, 3.05) is 26.8 Å². The Balaban J connectivity index is 2.36. The van der Waals surface area contributed by atoms with Gasteiger partial charge in [0.25, 0.3) is 0 Å². The maximum atomic E-state index is 11.7. The van der Waals surface area contributed by atoms with Crippen molar-refractivity contribution in [1.82, 2.24) is 10.6 Å². The summed E-state index contributed by atoms with van der Waals surface area (Å²) in [6.07, 6.45) is 2.00.